The monoisotopic (exact) mass is 426 g/mol. The number of aliphatic carboxylic acids is 1. The van der Waals surface area contributed by atoms with Gasteiger partial charge in [-0.05, 0) is 19.3 Å². The number of carbonyl (C=O) groups is 2. The van der Waals surface area contributed by atoms with Gasteiger partial charge in [0.2, 0.25) is 0 Å². The predicted octanol–water partition coefficient (Wildman–Crippen LogP) is 8.21. The van der Waals surface area contributed by atoms with Crippen LogP contribution in [0.5, 0.6) is 0 Å². The lowest BCUT2D eigenvalue weighted by Crippen LogP contribution is -2.21. The van der Waals surface area contributed by atoms with Crippen molar-refractivity contribution >= 4 is 11.9 Å². The minimum absolute atomic E-state index is 0.0696. The second-order valence-corrected chi connectivity index (χ2v) is 8.91. The molecule has 30 heavy (non-hydrogen) atoms. The van der Waals surface area contributed by atoms with Crippen molar-refractivity contribution in [3.8, 4) is 0 Å². The van der Waals surface area contributed by atoms with E-state index in [2.05, 4.69) is 13.8 Å². The van der Waals surface area contributed by atoms with E-state index in [4.69, 9.17) is 9.84 Å². The van der Waals surface area contributed by atoms with Crippen LogP contribution in [0.3, 0.4) is 0 Å². The zero-order valence-electron chi connectivity index (χ0n) is 20.1. The van der Waals surface area contributed by atoms with Crippen molar-refractivity contribution in [2.45, 2.75) is 155 Å². The van der Waals surface area contributed by atoms with Gasteiger partial charge in [-0.15, -0.1) is 0 Å². The van der Waals surface area contributed by atoms with Gasteiger partial charge in [-0.2, -0.15) is 0 Å². The molecular weight excluding hydrogens is 376 g/mol. The molecular formula is C26H50O4. The normalized spacial score (nSPS) is 12.1. The number of esters is 1. The first-order valence-electron chi connectivity index (χ1n) is 13.0. The Kier molecular flexibility index (Phi) is 21.8. The highest BCUT2D eigenvalue weighted by atomic mass is 16.5. The fourth-order valence-corrected chi connectivity index (χ4v) is 3.90. The molecule has 0 aromatic carbocycles. The Bertz CT molecular complexity index is 394. The molecule has 0 aliphatic carbocycles. The Morgan fingerprint density at radius 3 is 1.47 bits per heavy atom. The van der Waals surface area contributed by atoms with E-state index < -0.39 is 12.1 Å². The van der Waals surface area contributed by atoms with Crippen molar-refractivity contribution in [1.29, 1.82) is 0 Å². The van der Waals surface area contributed by atoms with Crippen LogP contribution < -0.4 is 0 Å². The first kappa shape index (κ1) is 28.9. The van der Waals surface area contributed by atoms with Gasteiger partial charge in [0, 0.05) is 6.42 Å². The predicted molar refractivity (Wildman–Crippen MR) is 126 cm³/mol. The van der Waals surface area contributed by atoms with Crippen molar-refractivity contribution in [3.63, 3.8) is 0 Å². The molecule has 4 heteroatoms. The minimum Gasteiger partial charge on any atom is -0.481 e. The fourth-order valence-electron chi connectivity index (χ4n) is 3.90. The highest BCUT2D eigenvalue weighted by Crippen LogP contribution is 2.16. The largest absolute Gasteiger partial charge is 0.481 e. The van der Waals surface area contributed by atoms with E-state index in [0.717, 1.165) is 25.7 Å². The summed E-state index contributed by atoms with van der Waals surface area (Å²) in [6.07, 6.45) is 22.6. The summed E-state index contributed by atoms with van der Waals surface area (Å²) in [7, 11) is 0. The van der Waals surface area contributed by atoms with Gasteiger partial charge in [0.05, 0.1) is 6.42 Å². The Hall–Kier alpha value is -1.06. The molecule has 178 valence electrons. The van der Waals surface area contributed by atoms with Crippen molar-refractivity contribution < 1.29 is 19.4 Å². The van der Waals surface area contributed by atoms with Crippen LogP contribution in [0.25, 0.3) is 0 Å². The Morgan fingerprint density at radius 2 is 1.03 bits per heavy atom. The molecule has 0 saturated heterocycles. The van der Waals surface area contributed by atoms with Gasteiger partial charge < -0.3 is 9.84 Å². The second-order valence-electron chi connectivity index (χ2n) is 8.91. The van der Waals surface area contributed by atoms with Crippen LogP contribution in [-0.4, -0.2) is 23.1 Å². The first-order chi connectivity index (χ1) is 14.6. The molecule has 0 radical (unpaired) electrons. The van der Waals surface area contributed by atoms with Gasteiger partial charge in [-0.25, -0.2) is 0 Å². The number of rotatable bonds is 23. The van der Waals surface area contributed by atoms with Gasteiger partial charge in [0.25, 0.3) is 0 Å². The lowest BCUT2D eigenvalue weighted by Gasteiger charge is -2.16. The quantitative estimate of drug-likeness (QED) is 0.132. The standard InChI is InChI=1S/C26H50O4/c1-3-5-7-9-11-12-13-14-16-18-20-22-26(29)30-24(23-25(27)28)21-19-17-15-10-8-6-4-2/h24H,3-23H2,1-2H3,(H,27,28). The molecule has 0 aliphatic heterocycles. The van der Waals surface area contributed by atoms with Crippen molar-refractivity contribution in [2.75, 3.05) is 0 Å². The van der Waals surface area contributed by atoms with E-state index in [9.17, 15) is 9.59 Å². The van der Waals surface area contributed by atoms with E-state index >= 15 is 0 Å². The van der Waals surface area contributed by atoms with Crippen molar-refractivity contribution in [1.82, 2.24) is 0 Å². The summed E-state index contributed by atoms with van der Waals surface area (Å²) in [5.41, 5.74) is 0. The molecule has 0 aromatic heterocycles. The average molecular weight is 427 g/mol. The molecule has 0 heterocycles. The van der Waals surface area contributed by atoms with Crippen LogP contribution in [-0.2, 0) is 14.3 Å². The smallest absolute Gasteiger partial charge is 0.307 e. The molecule has 0 rings (SSSR count). The summed E-state index contributed by atoms with van der Waals surface area (Å²) < 4.78 is 5.48. The van der Waals surface area contributed by atoms with Crippen molar-refractivity contribution in [2.24, 2.45) is 0 Å². The first-order valence-corrected chi connectivity index (χ1v) is 13.0. The molecule has 1 N–H and O–H groups in total. The summed E-state index contributed by atoms with van der Waals surface area (Å²) in [5, 5.41) is 9.08. The van der Waals surface area contributed by atoms with E-state index in [1.807, 2.05) is 0 Å². The van der Waals surface area contributed by atoms with Gasteiger partial charge in [-0.1, -0.05) is 117 Å². The summed E-state index contributed by atoms with van der Waals surface area (Å²) >= 11 is 0. The minimum atomic E-state index is -0.884. The van der Waals surface area contributed by atoms with Crippen molar-refractivity contribution in [3.05, 3.63) is 0 Å². The molecule has 0 fully saturated rings. The van der Waals surface area contributed by atoms with E-state index in [-0.39, 0.29) is 12.4 Å². The molecule has 0 aromatic rings. The molecule has 0 amide bonds. The molecule has 4 nitrogen and oxygen atoms in total. The number of carbonyl (C=O) groups excluding carboxylic acids is 1. The highest BCUT2D eigenvalue weighted by Gasteiger charge is 2.17. The third kappa shape index (κ3) is 21.6. The number of hydrogen-bond acceptors (Lipinski definition) is 3. The molecule has 1 atom stereocenters. The zero-order chi connectivity index (χ0) is 22.3. The van der Waals surface area contributed by atoms with Crippen LogP contribution in [0.2, 0.25) is 0 Å². The number of unbranched alkanes of at least 4 members (excludes halogenated alkanes) is 16. The van der Waals surface area contributed by atoms with E-state index in [1.54, 1.807) is 0 Å². The SMILES string of the molecule is CCCCCCCCCCCCCC(=O)OC(CCCCCCCCC)CC(=O)O. The molecule has 0 bridgehead atoms. The topological polar surface area (TPSA) is 63.6 Å². The summed E-state index contributed by atoms with van der Waals surface area (Å²) in [6.45, 7) is 4.46. The fraction of sp³-hybridized carbons (Fsp3) is 0.923. The van der Waals surface area contributed by atoms with Crippen LogP contribution in [0.1, 0.15) is 149 Å². The van der Waals surface area contributed by atoms with Gasteiger partial charge >= 0.3 is 11.9 Å². The summed E-state index contributed by atoms with van der Waals surface area (Å²) in [4.78, 5) is 23.2. The lowest BCUT2D eigenvalue weighted by molar-refractivity contribution is -0.153. The van der Waals surface area contributed by atoms with Crippen LogP contribution in [0, 0.1) is 0 Å². The van der Waals surface area contributed by atoms with Crippen LogP contribution >= 0.6 is 0 Å². The number of hydrogen-bond donors (Lipinski definition) is 1. The number of ether oxygens (including phenoxy) is 1. The summed E-state index contributed by atoms with van der Waals surface area (Å²) in [5.74, 6) is -1.11. The van der Waals surface area contributed by atoms with Crippen LogP contribution in [0.15, 0.2) is 0 Å². The van der Waals surface area contributed by atoms with Gasteiger partial charge in [0.1, 0.15) is 6.10 Å². The highest BCUT2D eigenvalue weighted by molar-refractivity contribution is 5.71. The Balaban J connectivity index is 3.71. The molecule has 1 unspecified atom stereocenters. The third-order valence-electron chi connectivity index (χ3n) is 5.81. The zero-order valence-corrected chi connectivity index (χ0v) is 20.1. The molecule has 0 spiro atoms. The van der Waals surface area contributed by atoms with E-state index in [0.29, 0.717) is 12.8 Å². The number of carboxylic acids is 1. The maximum Gasteiger partial charge on any atom is 0.307 e. The number of carboxylic acid groups (broad SMARTS) is 1. The molecule has 0 aliphatic rings. The van der Waals surface area contributed by atoms with Gasteiger partial charge in [-0.3, -0.25) is 9.59 Å². The average Bonchev–Trinajstić information content (AvgIpc) is 2.70. The molecule has 0 saturated carbocycles. The lowest BCUT2D eigenvalue weighted by atomic mass is 10.0. The maximum atomic E-state index is 12.1. The van der Waals surface area contributed by atoms with E-state index in [1.165, 1.54) is 89.9 Å². The van der Waals surface area contributed by atoms with Gasteiger partial charge in [0.15, 0.2) is 0 Å². The summed E-state index contributed by atoms with van der Waals surface area (Å²) in [6, 6.07) is 0. The third-order valence-corrected chi connectivity index (χ3v) is 5.81. The Morgan fingerprint density at radius 1 is 0.633 bits per heavy atom. The second kappa shape index (κ2) is 22.6. The maximum absolute atomic E-state index is 12.1. The Labute approximate surface area is 186 Å². The van der Waals surface area contributed by atoms with Crippen LogP contribution in [0.4, 0.5) is 0 Å².